The fraction of sp³-hybridized carbons (Fsp3) is 0.0909. The molecule has 0 radical (unpaired) electrons. The van der Waals surface area contributed by atoms with Crippen molar-refractivity contribution < 1.29 is 23.8 Å². The summed E-state index contributed by atoms with van der Waals surface area (Å²) in [7, 11) is 3.14. The number of hydrogen-bond donors (Lipinski definition) is 0. The molecule has 3 rings (SSSR count). The van der Waals surface area contributed by atoms with E-state index in [1.54, 1.807) is 74.9 Å². The maximum atomic E-state index is 12.4. The molecule has 0 saturated heterocycles. The van der Waals surface area contributed by atoms with Crippen molar-refractivity contribution in [3.63, 3.8) is 0 Å². The summed E-state index contributed by atoms with van der Waals surface area (Å²) in [5.74, 6) is 1.10. The Hall–Kier alpha value is -3.38. The number of esters is 1. The van der Waals surface area contributed by atoms with E-state index in [4.69, 9.17) is 14.2 Å². The van der Waals surface area contributed by atoms with Gasteiger partial charge in [0.2, 0.25) is 0 Å². The van der Waals surface area contributed by atoms with E-state index >= 15 is 0 Å². The molecule has 6 heteroatoms. The molecule has 0 amide bonds. The maximum absolute atomic E-state index is 12.4. The molecule has 0 fully saturated rings. The van der Waals surface area contributed by atoms with E-state index in [0.717, 1.165) is 5.56 Å². The van der Waals surface area contributed by atoms with E-state index in [0.29, 0.717) is 27.7 Å². The highest BCUT2D eigenvalue weighted by molar-refractivity contribution is 7.12. The van der Waals surface area contributed by atoms with Crippen LogP contribution in [0.4, 0.5) is 0 Å². The second-order valence-corrected chi connectivity index (χ2v) is 6.64. The van der Waals surface area contributed by atoms with E-state index < -0.39 is 5.97 Å². The minimum atomic E-state index is -0.418. The minimum absolute atomic E-state index is 0.180. The Morgan fingerprint density at radius 3 is 2.32 bits per heavy atom. The first-order chi connectivity index (χ1) is 13.6. The number of ketones is 1. The molecule has 5 nitrogen and oxygen atoms in total. The highest BCUT2D eigenvalue weighted by atomic mass is 32.1. The molecular formula is C22H18O5S. The van der Waals surface area contributed by atoms with Crippen LogP contribution in [0.2, 0.25) is 0 Å². The molecule has 1 aromatic heterocycles. The smallest absolute Gasteiger partial charge is 0.353 e. The molecular weight excluding hydrogens is 376 g/mol. The maximum Gasteiger partial charge on any atom is 0.353 e. The Bertz CT molecular complexity index is 988. The lowest BCUT2D eigenvalue weighted by Crippen LogP contribution is -2.06. The molecule has 142 valence electrons. The summed E-state index contributed by atoms with van der Waals surface area (Å²) in [4.78, 5) is 24.9. The average molecular weight is 394 g/mol. The molecule has 3 aromatic rings. The van der Waals surface area contributed by atoms with E-state index in [1.807, 2.05) is 5.38 Å². The number of carbonyl (C=O) groups is 2. The van der Waals surface area contributed by atoms with Crippen LogP contribution < -0.4 is 14.2 Å². The van der Waals surface area contributed by atoms with Gasteiger partial charge in [-0.05, 0) is 66.1 Å². The molecule has 0 aliphatic heterocycles. The van der Waals surface area contributed by atoms with Crippen LogP contribution in [0, 0.1) is 0 Å². The third-order valence-electron chi connectivity index (χ3n) is 3.92. The molecule has 0 spiro atoms. The lowest BCUT2D eigenvalue weighted by molar-refractivity contribution is 0.0740. The Morgan fingerprint density at radius 2 is 1.68 bits per heavy atom. The van der Waals surface area contributed by atoms with Gasteiger partial charge in [0.05, 0.1) is 14.2 Å². The third kappa shape index (κ3) is 4.66. The van der Waals surface area contributed by atoms with Gasteiger partial charge in [-0.1, -0.05) is 6.07 Å². The summed E-state index contributed by atoms with van der Waals surface area (Å²) < 4.78 is 15.8. The van der Waals surface area contributed by atoms with Crippen molar-refractivity contribution in [3.8, 4) is 17.2 Å². The van der Waals surface area contributed by atoms with Gasteiger partial charge in [-0.25, -0.2) is 4.79 Å². The van der Waals surface area contributed by atoms with Gasteiger partial charge in [-0.3, -0.25) is 4.79 Å². The van der Waals surface area contributed by atoms with Crippen molar-refractivity contribution in [2.45, 2.75) is 0 Å². The Morgan fingerprint density at radius 1 is 0.929 bits per heavy atom. The lowest BCUT2D eigenvalue weighted by Gasteiger charge is -2.07. The van der Waals surface area contributed by atoms with Crippen molar-refractivity contribution >= 4 is 29.2 Å². The number of hydrogen-bond acceptors (Lipinski definition) is 6. The number of rotatable bonds is 7. The summed E-state index contributed by atoms with van der Waals surface area (Å²) in [6.07, 6.45) is 3.14. The molecule has 0 aliphatic carbocycles. The normalized spacial score (nSPS) is 10.6. The number of thiophene rings is 1. The van der Waals surface area contributed by atoms with E-state index in [1.165, 1.54) is 17.4 Å². The Kier molecular flexibility index (Phi) is 6.24. The minimum Gasteiger partial charge on any atom is -0.497 e. The van der Waals surface area contributed by atoms with Gasteiger partial charge < -0.3 is 14.2 Å². The standard InChI is InChI=1S/C22H18O5S/c1-25-18-10-12-20(26-2)16(14-18)7-11-19(23)15-5-8-17(9-6-15)27-22(24)21-4-3-13-28-21/h3-14H,1-2H3. The van der Waals surface area contributed by atoms with Crippen molar-refractivity contribution in [2.24, 2.45) is 0 Å². The topological polar surface area (TPSA) is 61.8 Å². The fourth-order valence-electron chi connectivity index (χ4n) is 2.47. The first-order valence-corrected chi connectivity index (χ1v) is 9.29. The molecule has 1 heterocycles. The predicted octanol–water partition coefficient (Wildman–Crippen LogP) is 4.88. The summed E-state index contributed by atoms with van der Waals surface area (Å²) in [6, 6.07) is 15.3. The highest BCUT2D eigenvalue weighted by Gasteiger charge is 2.10. The summed E-state index contributed by atoms with van der Waals surface area (Å²) in [5, 5.41) is 1.81. The van der Waals surface area contributed by atoms with Gasteiger partial charge in [0.15, 0.2) is 5.78 Å². The first kappa shape index (κ1) is 19.4. The lowest BCUT2D eigenvalue weighted by atomic mass is 10.1. The van der Waals surface area contributed by atoms with Crippen LogP contribution in [0.1, 0.15) is 25.6 Å². The van der Waals surface area contributed by atoms with Crippen LogP contribution in [0.5, 0.6) is 17.2 Å². The molecule has 0 atom stereocenters. The van der Waals surface area contributed by atoms with Crippen molar-refractivity contribution in [3.05, 3.63) is 82.1 Å². The zero-order valence-electron chi connectivity index (χ0n) is 15.4. The van der Waals surface area contributed by atoms with E-state index in [9.17, 15) is 9.59 Å². The van der Waals surface area contributed by atoms with E-state index in [-0.39, 0.29) is 5.78 Å². The monoisotopic (exact) mass is 394 g/mol. The predicted molar refractivity (Wildman–Crippen MR) is 109 cm³/mol. The molecule has 28 heavy (non-hydrogen) atoms. The number of allylic oxidation sites excluding steroid dienone is 1. The first-order valence-electron chi connectivity index (χ1n) is 8.41. The van der Waals surface area contributed by atoms with Crippen molar-refractivity contribution in [1.29, 1.82) is 0 Å². The average Bonchev–Trinajstić information content (AvgIpc) is 3.27. The van der Waals surface area contributed by atoms with Crippen molar-refractivity contribution in [2.75, 3.05) is 14.2 Å². The van der Waals surface area contributed by atoms with Crippen LogP contribution in [-0.4, -0.2) is 26.0 Å². The molecule has 0 unspecified atom stereocenters. The largest absolute Gasteiger partial charge is 0.497 e. The van der Waals surface area contributed by atoms with Gasteiger partial charge in [0, 0.05) is 11.1 Å². The van der Waals surface area contributed by atoms with Crippen LogP contribution >= 0.6 is 11.3 Å². The SMILES string of the molecule is COc1ccc(OC)c(C=CC(=O)c2ccc(OC(=O)c3cccs3)cc2)c1. The zero-order valence-corrected chi connectivity index (χ0v) is 16.2. The Balaban J connectivity index is 1.69. The molecule has 0 saturated carbocycles. The summed E-state index contributed by atoms with van der Waals surface area (Å²) >= 11 is 1.31. The van der Waals surface area contributed by atoms with Crippen molar-refractivity contribution in [1.82, 2.24) is 0 Å². The van der Waals surface area contributed by atoms with Crippen LogP contribution in [0.25, 0.3) is 6.08 Å². The third-order valence-corrected chi connectivity index (χ3v) is 4.77. The highest BCUT2D eigenvalue weighted by Crippen LogP contribution is 2.25. The van der Waals surface area contributed by atoms with E-state index in [2.05, 4.69) is 0 Å². The van der Waals surface area contributed by atoms with Gasteiger partial charge in [0.1, 0.15) is 22.1 Å². The number of carbonyl (C=O) groups excluding carboxylic acids is 2. The van der Waals surface area contributed by atoms with Gasteiger partial charge >= 0.3 is 5.97 Å². The summed E-state index contributed by atoms with van der Waals surface area (Å²) in [5.41, 5.74) is 1.21. The van der Waals surface area contributed by atoms with Gasteiger partial charge in [-0.2, -0.15) is 0 Å². The fourth-order valence-corrected chi connectivity index (χ4v) is 3.07. The molecule has 0 aliphatic rings. The van der Waals surface area contributed by atoms with Gasteiger partial charge in [-0.15, -0.1) is 11.3 Å². The quantitative estimate of drug-likeness (QED) is 0.247. The second-order valence-electron chi connectivity index (χ2n) is 5.70. The van der Waals surface area contributed by atoms with Gasteiger partial charge in [0.25, 0.3) is 0 Å². The summed E-state index contributed by atoms with van der Waals surface area (Å²) in [6.45, 7) is 0. The van der Waals surface area contributed by atoms with Crippen LogP contribution in [-0.2, 0) is 0 Å². The second kappa shape index (κ2) is 9.01. The number of benzene rings is 2. The molecule has 0 bridgehead atoms. The number of methoxy groups -OCH3 is 2. The Labute approximate surface area is 166 Å². The molecule has 0 N–H and O–H groups in total. The number of ether oxygens (including phenoxy) is 3. The van der Waals surface area contributed by atoms with Crippen LogP contribution in [0.15, 0.2) is 66.1 Å². The molecule has 2 aromatic carbocycles. The zero-order chi connectivity index (χ0) is 19.9. The van der Waals surface area contributed by atoms with Crippen LogP contribution in [0.3, 0.4) is 0 Å².